The molecule has 1 atom stereocenters. The molecule has 3 heteroatoms. The van der Waals surface area contributed by atoms with Gasteiger partial charge in [0, 0.05) is 6.54 Å². The molecule has 0 unspecified atom stereocenters. The normalized spacial score (nSPS) is 19.6. The van der Waals surface area contributed by atoms with Gasteiger partial charge in [-0.3, -0.25) is 0 Å². The van der Waals surface area contributed by atoms with Crippen molar-refractivity contribution in [2.45, 2.75) is 19.3 Å². The highest BCUT2D eigenvalue weighted by molar-refractivity contribution is 5.95. The van der Waals surface area contributed by atoms with Gasteiger partial charge in [0.05, 0.1) is 11.3 Å². The van der Waals surface area contributed by atoms with Gasteiger partial charge in [-0.15, -0.1) is 0 Å². The first kappa shape index (κ1) is 9.06. The van der Waals surface area contributed by atoms with Crippen molar-refractivity contribution in [2.75, 3.05) is 11.9 Å². The Kier molecular flexibility index (Phi) is 2.15. The Morgan fingerprint density at radius 2 is 2.36 bits per heavy atom. The van der Waals surface area contributed by atoms with Crippen molar-refractivity contribution >= 4 is 11.7 Å². The largest absolute Gasteiger partial charge is 0.478 e. The van der Waals surface area contributed by atoms with E-state index in [0.29, 0.717) is 11.5 Å². The molecule has 0 fully saturated rings. The molecule has 74 valence electrons. The molecule has 3 nitrogen and oxygen atoms in total. The zero-order valence-corrected chi connectivity index (χ0v) is 8.08. The molecule has 0 bridgehead atoms. The molecule has 0 saturated carbocycles. The van der Waals surface area contributed by atoms with Crippen LogP contribution in [0.5, 0.6) is 0 Å². The second kappa shape index (κ2) is 3.33. The number of fused-ring (bicyclic) bond motifs is 1. The van der Waals surface area contributed by atoms with Crippen LogP contribution in [0.4, 0.5) is 5.69 Å². The van der Waals surface area contributed by atoms with Crippen LogP contribution in [-0.2, 0) is 0 Å². The van der Waals surface area contributed by atoms with E-state index in [2.05, 4.69) is 12.2 Å². The van der Waals surface area contributed by atoms with E-state index in [1.807, 2.05) is 12.1 Å². The lowest BCUT2D eigenvalue weighted by Crippen LogP contribution is -2.18. The second-order valence-corrected chi connectivity index (χ2v) is 3.69. The quantitative estimate of drug-likeness (QED) is 0.716. The second-order valence-electron chi connectivity index (χ2n) is 3.69. The Hall–Kier alpha value is -1.51. The van der Waals surface area contributed by atoms with E-state index in [-0.39, 0.29) is 0 Å². The summed E-state index contributed by atoms with van der Waals surface area (Å²) in [5, 5.41) is 12.1. The fourth-order valence-electron chi connectivity index (χ4n) is 1.93. The van der Waals surface area contributed by atoms with E-state index >= 15 is 0 Å². The summed E-state index contributed by atoms with van der Waals surface area (Å²) in [6, 6.07) is 5.45. The Morgan fingerprint density at radius 1 is 1.57 bits per heavy atom. The van der Waals surface area contributed by atoms with Gasteiger partial charge in [0.1, 0.15) is 0 Å². The van der Waals surface area contributed by atoms with Crippen molar-refractivity contribution in [1.82, 2.24) is 0 Å². The van der Waals surface area contributed by atoms with E-state index in [4.69, 9.17) is 5.11 Å². The summed E-state index contributed by atoms with van der Waals surface area (Å²) < 4.78 is 0. The number of carboxylic acid groups (broad SMARTS) is 1. The summed E-state index contributed by atoms with van der Waals surface area (Å²) in [5.41, 5.74) is 2.31. The van der Waals surface area contributed by atoms with E-state index in [0.717, 1.165) is 24.2 Å². The Labute approximate surface area is 82.8 Å². The minimum atomic E-state index is -0.858. The van der Waals surface area contributed by atoms with Crippen LogP contribution < -0.4 is 5.32 Å². The summed E-state index contributed by atoms with van der Waals surface area (Å²) in [4.78, 5) is 10.9. The lowest BCUT2D eigenvalue weighted by Gasteiger charge is -2.24. The zero-order chi connectivity index (χ0) is 10.1. The first-order valence-corrected chi connectivity index (χ1v) is 4.80. The summed E-state index contributed by atoms with van der Waals surface area (Å²) in [5.74, 6) is -0.408. The van der Waals surface area contributed by atoms with Gasteiger partial charge in [0.15, 0.2) is 0 Å². The number of nitrogens with one attached hydrogen (secondary N) is 1. The molecule has 1 aliphatic rings. The molecule has 0 aliphatic carbocycles. The van der Waals surface area contributed by atoms with Gasteiger partial charge in [0.2, 0.25) is 0 Å². The van der Waals surface area contributed by atoms with Crippen LogP contribution in [0.25, 0.3) is 0 Å². The first-order valence-electron chi connectivity index (χ1n) is 4.80. The molecule has 0 amide bonds. The van der Waals surface area contributed by atoms with Crippen LogP contribution in [0.1, 0.15) is 35.2 Å². The molecule has 1 aromatic carbocycles. The standard InChI is InChI=1S/C11H13NO2/c1-7-5-6-12-10-8(7)3-2-4-9(10)11(13)14/h2-4,7,12H,5-6H2,1H3,(H,13,14)/t7-/m0/s1. The number of carbonyl (C=O) groups is 1. The number of hydrogen-bond donors (Lipinski definition) is 2. The third-order valence-electron chi connectivity index (χ3n) is 2.74. The van der Waals surface area contributed by atoms with E-state index in [1.165, 1.54) is 0 Å². The number of para-hydroxylation sites is 1. The molecule has 14 heavy (non-hydrogen) atoms. The summed E-state index contributed by atoms with van der Waals surface area (Å²) in [6.07, 6.45) is 1.07. The van der Waals surface area contributed by atoms with Crippen LogP contribution in [0, 0.1) is 0 Å². The molecular formula is C11H13NO2. The van der Waals surface area contributed by atoms with Crippen LogP contribution in [0.3, 0.4) is 0 Å². The SMILES string of the molecule is C[C@H]1CCNc2c(C(=O)O)cccc21. The molecule has 2 rings (SSSR count). The van der Waals surface area contributed by atoms with Crippen molar-refractivity contribution in [3.63, 3.8) is 0 Å². The third kappa shape index (κ3) is 1.35. The summed E-state index contributed by atoms with van der Waals surface area (Å²) in [6.45, 7) is 2.99. The predicted octanol–water partition coefficient (Wildman–Crippen LogP) is 2.30. The lowest BCUT2D eigenvalue weighted by molar-refractivity contribution is 0.0697. The molecule has 1 aliphatic heterocycles. The van der Waals surface area contributed by atoms with Gasteiger partial charge in [-0.2, -0.15) is 0 Å². The van der Waals surface area contributed by atoms with E-state index < -0.39 is 5.97 Å². The number of carboxylic acids is 1. The van der Waals surface area contributed by atoms with Crippen LogP contribution in [0.15, 0.2) is 18.2 Å². The molecular weight excluding hydrogens is 178 g/mol. The maximum absolute atomic E-state index is 10.9. The van der Waals surface area contributed by atoms with Crippen molar-refractivity contribution in [3.05, 3.63) is 29.3 Å². The van der Waals surface area contributed by atoms with Crippen LogP contribution in [-0.4, -0.2) is 17.6 Å². The Morgan fingerprint density at radius 3 is 3.07 bits per heavy atom. The molecule has 1 aromatic rings. The maximum Gasteiger partial charge on any atom is 0.337 e. The number of benzene rings is 1. The Bertz CT molecular complexity index is 374. The van der Waals surface area contributed by atoms with Crippen molar-refractivity contribution in [3.8, 4) is 0 Å². The summed E-state index contributed by atoms with van der Waals surface area (Å²) >= 11 is 0. The van der Waals surface area contributed by atoms with Crippen molar-refractivity contribution < 1.29 is 9.90 Å². The van der Waals surface area contributed by atoms with Gasteiger partial charge < -0.3 is 10.4 Å². The van der Waals surface area contributed by atoms with E-state index in [1.54, 1.807) is 6.07 Å². The average molecular weight is 191 g/mol. The smallest absolute Gasteiger partial charge is 0.337 e. The molecule has 0 radical (unpaired) electrons. The van der Waals surface area contributed by atoms with Gasteiger partial charge in [0.25, 0.3) is 0 Å². The van der Waals surface area contributed by atoms with Gasteiger partial charge in [-0.05, 0) is 24.0 Å². The number of rotatable bonds is 1. The number of aromatic carboxylic acids is 1. The Balaban J connectivity index is 2.55. The average Bonchev–Trinajstić information content (AvgIpc) is 2.17. The molecule has 1 heterocycles. The fraction of sp³-hybridized carbons (Fsp3) is 0.364. The molecule has 0 spiro atoms. The molecule has 2 N–H and O–H groups in total. The highest BCUT2D eigenvalue weighted by Crippen LogP contribution is 2.33. The predicted molar refractivity (Wildman–Crippen MR) is 54.9 cm³/mol. The number of anilines is 1. The lowest BCUT2D eigenvalue weighted by atomic mass is 9.90. The van der Waals surface area contributed by atoms with Gasteiger partial charge in [-0.25, -0.2) is 4.79 Å². The van der Waals surface area contributed by atoms with Gasteiger partial charge >= 0.3 is 5.97 Å². The minimum absolute atomic E-state index is 0.383. The number of hydrogen-bond acceptors (Lipinski definition) is 2. The maximum atomic E-state index is 10.9. The molecule has 0 aromatic heterocycles. The van der Waals surface area contributed by atoms with Crippen LogP contribution in [0.2, 0.25) is 0 Å². The third-order valence-corrected chi connectivity index (χ3v) is 2.74. The van der Waals surface area contributed by atoms with Gasteiger partial charge in [-0.1, -0.05) is 19.1 Å². The fourth-order valence-corrected chi connectivity index (χ4v) is 1.93. The topological polar surface area (TPSA) is 49.3 Å². The van der Waals surface area contributed by atoms with Crippen molar-refractivity contribution in [1.29, 1.82) is 0 Å². The minimum Gasteiger partial charge on any atom is -0.478 e. The van der Waals surface area contributed by atoms with Crippen LogP contribution >= 0.6 is 0 Å². The first-order chi connectivity index (χ1) is 6.70. The van der Waals surface area contributed by atoms with E-state index in [9.17, 15) is 4.79 Å². The monoisotopic (exact) mass is 191 g/mol. The highest BCUT2D eigenvalue weighted by atomic mass is 16.4. The van der Waals surface area contributed by atoms with Crippen molar-refractivity contribution in [2.24, 2.45) is 0 Å². The summed E-state index contributed by atoms with van der Waals surface area (Å²) in [7, 11) is 0. The highest BCUT2D eigenvalue weighted by Gasteiger charge is 2.20. The zero-order valence-electron chi connectivity index (χ0n) is 8.08. The molecule has 0 saturated heterocycles.